The first-order valence-corrected chi connectivity index (χ1v) is 10.5. The van der Waals surface area contributed by atoms with Gasteiger partial charge in [0.25, 0.3) is 0 Å². The van der Waals surface area contributed by atoms with Gasteiger partial charge in [-0.05, 0) is 56.0 Å². The summed E-state index contributed by atoms with van der Waals surface area (Å²) in [6.45, 7) is 5.16. The van der Waals surface area contributed by atoms with Crippen molar-refractivity contribution in [3.8, 4) is 5.69 Å². The Morgan fingerprint density at radius 2 is 1.87 bits per heavy atom. The van der Waals surface area contributed by atoms with Crippen LogP contribution >= 0.6 is 24.0 Å². The van der Waals surface area contributed by atoms with Crippen LogP contribution in [0.3, 0.4) is 0 Å². The van der Waals surface area contributed by atoms with Gasteiger partial charge in [0.05, 0.1) is 5.69 Å². The molecule has 2 N–H and O–H groups in total. The Kier molecular flexibility index (Phi) is 10.8. The van der Waals surface area contributed by atoms with E-state index < -0.39 is 0 Å². The summed E-state index contributed by atoms with van der Waals surface area (Å²) in [5.41, 5.74) is 2.38. The average molecular weight is 534 g/mol. The van der Waals surface area contributed by atoms with Crippen molar-refractivity contribution < 1.29 is 0 Å². The summed E-state index contributed by atoms with van der Waals surface area (Å²) in [7, 11) is 0. The third kappa shape index (κ3) is 8.20. The first-order valence-electron chi connectivity index (χ1n) is 10.5. The number of hydrogen-bond acceptors (Lipinski definition) is 3. The van der Waals surface area contributed by atoms with E-state index in [4.69, 9.17) is 0 Å². The van der Waals surface area contributed by atoms with Gasteiger partial charge >= 0.3 is 0 Å². The molecule has 0 aliphatic heterocycles. The second kappa shape index (κ2) is 13.6. The van der Waals surface area contributed by atoms with E-state index in [0.717, 1.165) is 57.1 Å². The van der Waals surface area contributed by atoms with Crippen LogP contribution in [0.5, 0.6) is 0 Å². The molecule has 3 aromatic rings. The molecular formula is C23H31IN6O. The van der Waals surface area contributed by atoms with Gasteiger partial charge in [0, 0.05) is 50.8 Å². The molecule has 0 spiro atoms. The molecule has 7 nitrogen and oxygen atoms in total. The third-order valence-electron chi connectivity index (χ3n) is 4.73. The molecule has 0 radical (unpaired) electrons. The van der Waals surface area contributed by atoms with E-state index >= 15 is 0 Å². The summed E-state index contributed by atoms with van der Waals surface area (Å²) in [5, 5.41) is 10.9. The Hall–Kier alpha value is -2.62. The second-order valence-electron chi connectivity index (χ2n) is 6.99. The van der Waals surface area contributed by atoms with Crippen LogP contribution in [-0.4, -0.2) is 39.9 Å². The lowest BCUT2D eigenvalue weighted by Gasteiger charge is -2.12. The van der Waals surface area contributed by atoms with Crippen LogP contribution < -0.4 is 16.2 Å². The topological polar surface area (TPSA) is 76.2 Å². The van der Waals surface area contributed by atoms with Gasteiger partial charge < -0.3 is 15.2 Å². The van der Waals surface area contributed by atoms with Crippen molar-refractivity contribution in [2.45, 2.75) is 32.7 Å². The van der Waals surface area contributed by atoms with Crippen LogP contribution in [0.2, 0.25) is 0 Å². The molecule has 0 saturated heterocycles. The SMILES string of the molecule is CCNC(=NCCCCn1ccccc1=O)NCCc1ccc(-n2cccn2)cc1.I. The van der Waals surface area contributed by atoms with E-state index in [9.17, 15) is 4.79 Å². The molecular weight excluding hydrogens is 503 g/mol. The highest BCUT2D eigenvalue weighted by Gasteiger charge is 2.00. The smallest absolute Gasteiger partial charge is 0.250 e. The van der Waals surface area contributed by atoms with Crippen molar-refractivity contribution in [2.75, 3.05) is 19.6 Å². The quantitative estimate of drug-likeness (QED) is 0.181. The molecule has 0 atom stereocenters. The minimum Gasteiger partial charge on any atom is -0.357 e. The standard InChI is InChI=1S/C23H30N6O.HI/c1-2-24-23(25-14-4-6-18-28-17-5-3-8-22(28)30)26-16-13-20-9-11-21(12-10-20)29-19-7-15-27-29;/h3,5,7-12,15,17,19H,2,4,6,13-14,16,18H2,1H3,(H2,24,25,26);1H. The summed E-state index contributed by atoms with van der Waals surface area (Å²) in [6, 6.07) is 15.6. The van der Waals surface area contributed by atoms with Gasteiger partial charge in [-0.15, -0.1) is 24.0 Å². The molecule has 0 aliphatic carbocycles. The number of aryl methyl sites for hydroxylation is 1. The van der Waals surface area contributed by atoms with Crippen molar-refractivity contribution in [3.05, 3.63) is 83.0 Å². The van der Waals surface area contributed by atoms with Gasteiger partial charge in [0.2, 0.25) is 5.56 Å². The first-order chi connectivity index (χ1) is 14.8. The normalized spacial score (nSPS) is 11.1. The molecule has 2 aromatic heterocycles. The maximum Gasteiger partial charge on any atom is 0.250 e. The number of nitrogens with one attached hydrogen (secondary N) is 2. The van der Waals surface area contributed by atoms with Gasteiger partial charge in [0.1, 0.15) is 0 Å². The summed E-state index contributed by atoms with van der Waals surface area (Å²) >= 11 is 0. The van der Waals surface area contributed by atoms with Gasteiger partial charge in [-0.3, -0.25) is 9.79 Å². The zero-order chi connectivity index (χ0) is 21.0. The number of rotatable bonds is 10. The van der Waals surface area contributed by atoms with Crippen LogP contribution in [0.1, 0.15) is 25.3 Å². The largest absolute Gasteiger partial charge is 0.357 e. The fraction of sp³-hybridized carbons (Fsp3) is 0.348. The van der Waals surface area contributed by atoms with E-state index in [-0.39, 0.29) is 29.5 Å². The zero-order valence-electron chi connectivity index (χ0n) is 17.9. The molecule has 0 aliphatic rings. The van der Waals surface area contributed by atoms with Crippen molar-refractivity contribution in [3.63, 3.8) is 0 Å². The number of unbranched alkanes of at least 4 members (excludes halogenated alkanes) is 1. The highest BCUT2D eigenvalue weighted by molar-refractivity contribution is 14.0. The number of benzene rings is 1. The molecule has 31 heavy (non-hydrogen) atoms. The Balaban J connectivity index is 0.00000341. The van der Waals surface area contributed by atoms with Crippen LogP contribution in [0.4, 0.5) is 0 Å². The number of nitrogens with zero attached hydrogens (tertiary/aromatic N) is 4. The first kappa shape index (κ1) is 24.6. The molecule has 3 rings (SSSR count). The summed E-state index contributed by atoms with van der Waals surface area (Å²) in [5.74, 6) is 0.836. The zero-order valence-corrected chi connectivity index (χ0v) is 20.2. The van der Waals surface area contributed by atoms with Crippen LogP contribution in [0.25, 0.3) is 5.69 Å². The van der Waals surface area contributed by atoms with Crippen LogP contribution in [0.15, 0.2) is 76.9 Å². The van der Waals surface area contributed by atoms with E-state index in [0.29, 0.717) is 0 Å². The molecule has 2 heterocycles. The summed E-state index contributed by atoms with van der Waals surface area (Å²) in [6.07, 6.45) is 8.33. The van der Waals surface area contributed by atoms with Gasteiger partial charge in [-0.25, -0.2) is 4.68 Å². The number of aliphatic imine (C=N–C) groups is 1. The van der Waals surface area contributed by atoms with Crippen molar-refractivity contribution in [1.29, 1.82) is 0 Å². The second-order valence-corrected chi connectivity index (χ2v) is 6.99. The number of halogens is 1. The summed E-state index contributed by atoms with van der Waals surface area (Å²) < 4.78 is 3.59. The van der Waals surface area contributed by atoms with Gasteiger partial charge in [-0.1, -0.05) is 18.2 Å². The number of pyridine rings is 1. The molecule has 0 bridgehead atoms. The Morgan fingerprint density at radius 1 is 1.03 bits per heavy atom. The average Bonchev–Trinajstić information content (AvgIpc) is 3.30. The number of hydrogen-bond donors (Lipinski definition) is 2. The maximum atomic E-state index is 11.7. The Labute approximate surface area is 200 Å². The third-order valence-corrected chi connectivity index (χ3v) is 4.73. The van der Waals surface area contributed by atoms with Gasteiger partial charge in [0.15, 0.2) is 5.96 Å². The molecule has 8 heteroatoms. The van der Waals surface area contributed by atoms with Gasteiger partial charge in [-0.2, -0.15) is 5.10 Å². The fourth-order valence-corrected chi connectivity index (χ4v) is 3.13. The lowest BCUT2D eigenvalue weighted by atomic mass is 10.1. The Morgan fingerprint density at radius 3 is 2.58 bits per heavy atom. The highest BCUT2D eigenvalue weighted by atomic mass is 127. The molecule has 0 amide bonds. The Bertz CT molecular complexity index is 966. The van der Waals surface area contributed by atoms with E-state index in [2.05, 4.69) is 51.9 Å². The fourth-order valence-electron chi connectivity index (χ4n) is 3.13. The number of guanidine groups is 1. The highest BCUT2D eigenvalue weighted by Crippen LogP contribution is 2.08. The molecule has 166 valence electrons. The van der Waals surface area contributed by atoms with Crippen molar-refractivity contribution >= 4 is 29.9 Å². The van der Waals surface area contributed by atoms with Crippen molar-refractivity contribution in [1.82, 2.24) is 25.0 Å². The van der Waals surface area contributed by atoms with Crippen molar-refractivity contribution in [2.24, 2.45) is 4.99 Å². The minimum absolute atomic E-state index is 0. The lowest BCUT2D eigenvalue weighted by molar-refractivity contribution is 0.597. The predicted octanol–water partition coefficient (Wildman–Crippen LogP) is 3.23. The number of aromatic nitrogens is 3. The van der Waals surface area contributed by atoms with Crippen LogP contribution in [0, 0.1) is 0 Å². The molecule has 0 unspecified atom stereocenters. The minimum atomic E-state index is 0. The monoisotopic (exact) mass is 534 g/mol. The summed E-state index contributed by atoms with van der Waals surface area (Å²) in [4.78, 5) is 16.3. The van der Waals surface area contributed by atoms with E-state index in [1.165, 1.54) is 5.56 Å². The van der Waals surface area contributed by atoms with E-state index in [1.807, 2.05) is 29.2 Å². The predicted molar refractivity (Wildman–Crippen MR) is 137 cm³/mol. The lowest BCUT2D eigenvalue weighted by Crippen LogP contribution is -2.38. The maximum absolute atomic E-state index is 11.7. The molecule has 1 aromatic carbocycles. The van der Waals surface area contributed by atoms with Crippen LogP contribution in [-0.2, 0) is 13.0 Å². The molecule has 0 saturated carbocycles. The molecule has 0 fully saturated rings. The van der Waals surface area contributed by atoms with E-state index in [1.54, 1.807) is 22.9 Å².